The Balaban J connectivity index is 2.51. The first-order valence-corrected chi connectivity index (χ1v) is 4.33. The highest BCUT2D eigenvalue weighted by atomic mass is 15.2. The van der Waals surface area contributed by atoms with Crippen LogP contribution in [0.2, 0.25) is 0 Å². The van der Waals surface area contributed by atoms with E-state index in [4.69, 9.17) is 0 Å². The van der Waals surface area contributed by atoms with Crippen molar-refractivity contribution in [3.05, 3.63) is 24.6 Å². The standard InChI is InChI=1S/C10H16N2/c1-4-10(6-11-5-2)12-7-9(3)8-12/h4-6,9H,1,7-8H2,2-3H3/b10-6+,11-5-. The van der Waals surface area contributed by atoms with Crippen molar-refractivity contribution in [3.63, 3.8) is 0 Å². The van der Waals surface area contributed by atoms with Gasteiger partial charge >= 0.3 is 0 Å². The molecule has 0 saturated carbocycles. The molecule has 1 saturated heterocycles. The maximum absolute atomic E-state index is 4.07. The summed E-state index contributed by atoms with van der Waals surface area (Å²) in [7, 11) is 0. The van der Waals surface area contributed by atoms with Crippen molar-refractivity contribution in [1.82, 2.24) is 4.90 Å². The second-order valence-electron chi connectivity index (χ2n) is 3.18. The first kappa shape index (κ1) is 9.04. The summed E-state index contributed by atoms with van der Waals surface area (Å²) in [6.07, 6.45) is 5.50. The van der Waals surface area contributed by atoms with Crippen molar-refractivity contribution in [2.45, 2.75) is 13.8 Å². The molecule has 2 heteroatoms. The molecule has 1 fully saturated rings. The van der Waals surface area contributed by atoms with Crippen molar-refractivity contribution in [1.29, 1.82) is 0 Å². The zero-order valence-electron chi connectivity index (χ0n) is 7.83. The van der Waals surface area contributed by atoms with E-state index in [2.05, 4.69) is 23.4 Å². The van der Waals surface area contributed by atoms with Crippen LogP contribution in [-0.2, 0) is 0 Å². The van der Waals surface area contributed by atoms with Gasteiger partial charge in [0.05, 0.1) is 5.70 Å². The highest BCUT2D eigenvalue weighted by molar-refractivity contribution is 5.54. The minimum absolute atomic E-state index is 0.818. The van der Waals surface area contributed by atoms with Gasteiger partial charge in [-0.25, -0.2) is 0 Å². The minimum Gasteiger partial charge on any atom is -0.370 e. The molecule has 1 rings (SSSR count). The lowest BCUT2D eigenvalue weighted by molar-refractivity contribution is 0.163. The minimum atomic E-state index is 0.818. The van der Waals surface area contributed by atoms with Crippen molar-refractivity contribution >= 4 is 6.21 Å². The first-order valence-electron chi connectivity index (χ1n) is 4.33. The van der Waals surface area contributed by atoms with Crippen LogP contribution in [0, 0.1) is 5.92 Å². The summed E-state index contributed by atoms with van der Waals surface area (Å²) in [4.78, 5) is 6.35. The van der Waals surface area contributed by atoms with Gasteiger partial charge in [-0.2, -0.15) is 0 Å². The third-order valence-corrected chi connectivity index (χ3v) is 1.99. The molecule has 0 radical (unpaired) electrons. The molecule has 0 unspecified atom stereocenters. The number of hydrogen-bond donors (Lipinski definition) is 0. The summed E-state index contributed by atoms with van der Waals surface area (Å²) in [6.45, 7) is 10.2. The zero-order chi connectivity index (χ0) is 8.97. The van der Waals surface area contributed by atoms with Crippen molar-refractivity contribution in [3.8, 4) is 0 Å². The molecule has 0 aliphatic carbocycles. The van der Waals surface area contributed by atoms with Gasteiger partial charge in [0.2, 0.25) is 0 Å². The number of hydrogen-bond acceptors (Lipinski definition) is 2. The van der Waals surface area contributed by atoms with E-state index >= 15 is 0 Å². The molecule has 0 amide bonds. The van der Waals surface area contributed by atoms with Crippen molar-refractivity contribution in [2.75, 3.05) is 13.1 Å². The van der Waals surface area contributed by atoms with E-state index in [9.17, 15) is 0 Å². The van der Waals surface area contributed by atoms with Crippen LogP contribution >= 0.6 is 0 Å². The third kappa shape index (κ3) is 1.97. The predicted octanol–water partition coefficient (Wildman–Crippen LogP) is 2.06. The van der Waals surface area contributed by atoms with Gasteiger partial charge in [-0.15, -0.1) is 0 Å². The number of rotatable bonds is 3. The first-order chi connectivity index (χ1) is 5.77. The normalized spacial score (nSPS) is 19.8. The van der Waals surface area contributed by atoms with Crippen LogP contribution in [-0.4, -0.2) is 24.2 Å². The van der Waals surface area contributed by atoms with E-state index in [0.29, 0.717) is 0 Å². The Morgan fingerprint density at radius 3 is 2.67 bits per heavy atom. The molecular weight excluding hydrogens is 148 g/mol. The van der Waals surface area contributed by atoms with Crippen molar-refractivity contribution < 1.29 is 0 Å². The average molecular weight is 164 g/mol. The quantitative estimate of drug-likeness (QED) is 0.460. The van der Waals surface area contributed by atoms with Gasteiger partial charge in [0, 0.05) is 25.5 Å². The number of allylic oxidation sites excluding steroid dienone is 1. The Morgan fingerprint density at radius 1 is 1.58 bits per heavy atom. The lowest BCUT2D eigenvalue weighted by Gasteiger charge is -2.39. The SMILES string of the molecule is C=C/C(=C\N=C/C)N1CC(C)C1. The highest BCUT2D eigenvalue weighted by Crippen LogP contribution is 2.20. The molecule has 0 atom stereocenters. The topological polar surface area (TPSA) is 15.6 Å². The zero-order valence-corrected chi connectivity index (χ0v) is 7.83. The molecule has 1 aliphatic heterocycles. The Hall–Kier alpha value is -1.05. The Labute approximate surface area is 74.3 Å². The number of nitrogens with zero attached hydrogens (tertiary/aromatic N) is 2. The summed E-state index contributed by atoms with van der Waals surface area (Å²) in [5.74, 6) is 0.818. The van der Waals surface area contributed by atoms with E-state index in [1.807, 2.05) is 19.2 Å². The fraction of sp³-hybridized carbons (Fsp3) is 0.500. The maximum Gasteiger partial charge on any atom is 0.0546 e. The second-order valence-corrected chi connectivity index (χ2v) is 3.18. The van der Waals surface area contributed by atoms with Gasteiger partial charge in [-0.05, 0) is 18.9 Å². The predicted molar refractivity (Wildman–Crippen MR) is 53.2 cm³/mol. The monoisotopic (exact) mass is 164 g/mol. The molecule has 0 aromatic rings. The fourth-order valence-corrected chi connectivity index (χ4v) is 1.32. The maximum atomic E-state index is 4.07. The molecule has 0 bridgehead atoms. The summed E-state index contributed by atoms with van der Waals surface area (Å²) < 4.78 is 0. The molecule has 2 nitrogen and oxygen atoms in total. The molecule has 0 aromatic carbocycles. The van der Waals surface area contributed by atoms with Crippen LogP contribution in [0.15, 0.2) is 29.5 Å². The smallest absolute Gasteiger partial charge is 0.0546 e. The van der Waals surface area contributed by atoms with E-state index in [0.717, 1.165) is 24.7 Å². The summed E-state index contributed by atoms with van der Waals surface area (Å²) in [5.41, 5.74) is 1.13. The third-order valence-electron chi connectivity index (χ3n) is 1.99. The highest BCUT2D eigenvalue weighted by Gasteiger charge is 2.22. The van der Waals surface area contributed by atoms with E-state index in [1.165, 1.54) is 0 Å². The van der Waals surface area contributed by atoms with Crippen LogP contribution in [0.1, 0.15) is 13.8 Å². The number of likely N-dealkylation sites (tertiary alicyclic amines) is 1. The molecular formula is C10H16N2. The van der Waals surface area contributed by atoms with Crippen molar-refractivity contribution in [2.24, 2.45) is 10.9 Å². The van der Waals surface area contributed by atoms with Crippen LogP contribution in [0.5, 0.6) is 0 Å². The van der Waals surface area contributed by atoms with Gasteiger partial charge in [0.25, 0.3) is 0 Å². The summed E-state index contributed by atoms with van der Waals surface area (Å²) >= 11 is 0. The van der Waals surface area contributed by atoms with Gasteiger partial charge in [-0.3, -0.25) is 4.99 Å². The molecule has 66 valence electrons. The van der Waals surface area contributed by atoms with Gasteiger partial charge < -0.3 is 4.90 Å². The number of aliphatic imine (C=N–C) groups is 1. The largest absolute Gasteiger partial charge is 0.370 e. The Kier molecular flexibility index (Phi) is 3.09. The average Bonchev–Trinajstić information content (AvgIpc) is 2.02. The fourth-order valence-electron chi connectivity index (χ4n) is 1.32. The molecule has 0 spiro atoms. The van der Waals surface area contributed by atoms with Crippen LogP contribution in [0.4, 0.5) is 0 Å². The molecule has 12 heavy (non-hydrogen) atoms. The van der Waals surface area contributed by atoms with Crippen LogP contribution in [0.3, 0.4) is 0 Å². The molecule has 1 heterocycles. The molecule has 0 N–H and O–H groups in total. The van der Waals surface area contributed by atoms with Gasteiger partial charge in [0.15, 0.2) is 0 Å². The van der Waals surface area contributed by atoms with E-state index in [-0.39, 0.29) is 0 Å². The summed E-state index contributed by atoms with van der Waals surface area (Å²) in [6, 6.07) is 0. The van der Waals surface area contributed by atoms with E-state index < -0.39 is 0 Å². The lowest BCUT2D eigenvalue weighted by Crippen LogP contribution is -2.43. The lowest BCUT2D eigenvalue weighted by atomic mass is 10.0. The van der Waals surface area contributed by atoms with Crippen LogP contribution in [0.25, 0.3) is 0 Å². The Morgan fingerprint density at radius 2 is 2.25 bits per heavy atom. The van der Waals surface area contributed by atoms with Crippen LogP contribution < -0.4 is 0 Å². The van der Waals surface area contributed by atoms with Gasteiger partial charge in [-0.1, -0.05) is 13.5 Å². The Bertz CT molecular complexity index is 210. The van der Waals surface area contributed by atoms with E-state index in [1.54, 1.807) is 6.21 Å². The second kappa shape index (κ2) is 4.10. The van der Waals surface area contributed by atoms with Gasteiger partial charge in [0.1, 0.15) is 0 Å². The summed E-state index contributed by atoms with van der Waals surface area (Å²) in [5, 5.41) is 0. The molecule has 1 aliphatic rings. The molecule has 0 aromatic heterocycles.